The molecule has 0 atom stereocenters. The Bertz CT molecular complexity index is 1270. The summed E-state index contributed by atoms with van der Waals surface area (Å²) in [4.78, 5) is 23.7. The molecule has 0 fully saturated rings. The third-order valence-corrected chi connectivity index (χ3v) is 5.60. The van der Waals surface area contributed by atoms with Crippen molar-refractivity contribution in [1.29, 1.82) is 5.26 Å². The van der Waals surface area contributed by atoms with Crippen molar-refractivity contribution in [3.63, 3.8) is 0 Å². The number of primary amides is 1. The van der Waals surface area contributed by atoms with Gasteiger partial charge in [0, 0.05) is 15.6 Å². The average Bonchev–Trinajstić information content (AvgIpc) is 3.00. The van der Waals surface area contributed by atoms with Gasteiger partial charge >= 0.3 is 6.09 Å². The van der Waals surface area contributed by atoms with Crippen LogP contribution in [0.2, 0.25) is 5.02 Å². The van der Waals surface area contributed by atoms with Crippen LogP contribution >= 0.6 is 22.9 Å². The van der Waals surface area contributed by atoms with Crippen molar-refractivity contribution in [3.05, 3.63) is 46.2 Å². The molecule has 2 aromatic carbocycles. The Labute approximate surface area is 186 Å². The molecule has 7 nitrogen and oxygen atoms in total. The number of amides is 2. The molecule has 10 heteroatoms. The standard InChI is InChI=1S/C21H18ClFN4O3S/c1-21(2,3)30-20(29)27-19-11(8-24)14-9(5-4-6-13(14)31-19)15-12(22)7-10(18(26)28)17(25)16(15)23/h4-7H,25H2,1-3H3,(H2,26,28)(H,27,29). The van der Waals surface area contributed by atoms with E-state index in [0.717, 1.165) is 11.3 Å². The molecule has 31 heavy (non-hydrogen) atoms. The van der Waals surface area contributed by atoms with Gasteiger partial charge < -0.3 is 16.2 Å². The van der Waals surface area contributed by atoms with E-state index in [1.165, 1.54) is 6.07 Å². The molecule has 3 aromatic rings. The molecule has 160 valence electrons. The minimum absolute atomic E-state index is 0.0760. The molecule has 5 N–H and O–H groups in total. The molecule has 0 aliphatic heterocycles. The zero-order valence-electron chi connectivity index (χ0n) is 16.8. The van der Waals surface area contributed by atoms with Crippen LogP contribution in [0.25, 0.3) is 21.2 Å². The topological polar surface area (TPSA) is 131 Å². The first-order valence-corrected chi connectivity index (χ1v) is 10.2. The van der Waals surface area contributed by atoms with Gasteiger partial charge in [0.25, 0.3) is 5.91 Å². The summed E-state index contributed by atoms with van der Waals surface area (Å²) in [6.45, 7) is 5.14. The molecule has 1 heterocycles. The molecule has 0 aliphatic carbocycles. The first-order chi connectivity index (χ1) is 14.4. The van der Waals surface area contributed by atoms with Crippen molar-refractivity contribution < 1.29 is 18.7 Å². The van der Waals surface area contributed by atoms with Gasteiger partial charge in [-0.2, -0.15) is 5.26 Å². The van der Waals surface area contributed by atoms with E-state index in [9.17, 15) is 14.9 Å². The van der Waals surface area contributed by atoms with Gasteiger partial charge in [-0.05, 0) is 38.5 Å². The number of nitrogens with two attached hydrogens (primary N) is 2. The number of nitrogens with zero attached hydrogens (tertiary/aromatic N) is 1. The monoisotopic (exact) mass is 460 g/mol. The zero-order chi connectivity index (χ0) is 23.1. The molecule has 1 aromatic heterocycles. The number of anilines is 2. The number of hydrogen-bond donors (Lipinski definition) is 3. The molecular weight excluding hydrogens is 443 g/mol. The molecule has 2 amide bonds. The van der Waals surface area contributed by atoms with Crippen LogP contribution in [0.4, 0.5) is 19.9 Å². The number of halogens is 2. The Balaban J connectivity index is 2.22. The van der Waals surface area contributed by atoms with Crippen molar-refractivity contribution in [2.75, 3.05) is 11.1 Å². The van der Waals surface area contributed by atoms with E-state index in [2.05, 4.69) is 5.32 Å². The fraction of sp³-hybridized carbons (Fsp3) is 0.190. The average molecular weight is 461 g/mol. The van der Waals surface area contributed by atoms with E-state index in [1.807, 2.05) is 6.07 Å². The summed E-state index contributed by atoms with van der Waals surface area (Å²) in [5, 5.41) is 12.9. The first-order valence-electron chi connectivity index (χ1n) is 8.98. The minimum Gasteiger partial charge on any atom is -0.444 e. The van der Waals surface area contributed by atoms with Crippen LogP contribution in [0.15, 0.2) is 24.3 Å². The number of hydrogen-bond acceptors (Lipinski definition) is 6. The molecule has 0 bridgehead atoms. The van der Waals surface area contributed by atoms with Crippen LogP contribution < -0.4 is 16.8 Å². The number of carbonyl (C=O) groups excluding carboxylic acids is 2. The quantitative estimate of drug-likeness (QED) is 0.458. The molecule has 0 radical (unpaired) electrons. The second kappa shape index (κ2) is 8.06. The minimum atomic E-state index is -0.925. The summed E-state index contributed by atoms with van der Waals surface area (Å²) in [7, 11) is 0. The van der Waals surface area contributed by atoms with E-state index in [1.54, 1.807) is 39.0 Å². The number of nitriles is 1. The maximum atomic E-state index is 15.1. The van der Waals surface area contributed by atoms with Crippen LogP contribution in [0.3, 0.4) is 0 Å². The fourth-order valence-corrected chi connectivity index (χ4v) is 4.39. The predicted molar refractivity (Wildman–Crippen MR) is 120 cm³/mol. The smallest absolute Gasteiger partial charge is 0.412 e. The van der Waals surface area contributed by atoms with Crippen molar-refractivity contribution in [3.8, 4) is 17.2 Å². The van der Waals surface area contributed by atoms with Crippen molar-refractivity contribution >= 4 is 55.7 Å². The van der Waals surface area contributed by atoms with E-state index >= 15 is 4.39 Å². The second-order valence-electron chi connectivity index (χ2n) is 7.60. The molecular formula is C21H18ClFN4O3S. The lowest BCUT2D eigenvalue weighted by Gasteiger charge is -2.19. The number of carbonyl (C=O) groups is 2. The predicted octanol–water partition coefficient (Wildman–Crippen LogP) is 5.26. The summed E-state index contributed by atoms with van der Waals surface area (Å²) < 4.78 is 21.0. The van der Waals surface area contributed by atoms with E-state index in [0.29, 0.717) is 10.1 Å². The highest BCUT2D eigenvalue weighted by Gasteiger charge is 2.25. The van der Waals surface area contributed by atoms with E-state index < -0.39 is 29.1 Å². The third kappa shape index (κ3) is 4.26. The number of thiophene rings is 1. The van der Waals surface area contributed by atoms with Gasteiger partial charge in [0.1, 0.15) is 16.7 Å². The van der Waals surface area contributed by atoms with Gasteiger partial charge in [-0.25, -0.2) is 9.18 Å². The van der Waals surface area contributed by atoms with E-state index in [-0.39, 0.29) is 32.3 Å². The number of benzene rings is 2. The van der Waals surface area contributed by atoms with Crippen LogP contribution in [-0.2, 0) is 4.74 Å². The zero-order valence-corrected chi connectivity index (χ0v) is 18.4. The molecule has 0 spiro atoms. The molecule has 0 saturated carbocycles. The van der Waals surface area contributed by atoms with Gasteiger partial charge in [-0.3, -0.25) is 10.1 Å². The van der Waals surface area contributed by atoms with Gasteiger partial charge in [0.2, 0.25) is 0 Å². The van der Waals surface area contributed by atoms with E-state index in [4.69, 9.17) is 27.8 Å². The first kappa shape index (κ1) is 22.3. The largest absolute Gasteiger partial charge is 0.444 e. The number of fused-ring (bicyclic) bond motifs is 1. The van der Waals surface area contributed by atoms with Crippen molar-refractivity contribution in [1.82, 2.24) is 0 Å². The summed E-state index contributed by atoms with van der Waals surface area (Å²) in [5.74, 6) is -1.84. The molecule has 3 rings (SSSR count). The lowest BCUT2D eigenvalue weighted by atomic mass is 9.96. The van der Waals surface area contributed by atoms with Gasteiger partial charge in [0.15, 0.2) is 5.82 Å². The van der Waals surface area contributed by atoms with Crippen molar-refractivity contribution in [2.45, 2.75) is 26.4 Å². The number of rotatable bonds is 3. The Kier molecular flexibility index (Phi) is 5.81. The Hall–Kier alpha value is -3.35. The number of ether oxygens (including phenoxy) is 1. The summed E-state index contributed by atoms with van der Waals surface area (Å²) >= 11 is 7.40. The Morgan fingerprint density at radius 3 is 2.58 bits per heavy atom. The Morgan fingerprint density at radius 1 is 1.32 bits per heavy atom. The molecule has 0 unspecified atom stereocenters. The number of nitrogen functional groups attached to an aromatic ring is 1. The van der Waals surface area contributed by atoms with Crippen LogP contribution in [0.5, 0.6) is 0 Å². The van der Waals surface area contributed by atoms with Crippen molar-refractivity contribution in [2.24, 2.45) is 5.73 Å². The second-order valence-corrected chi connectivity index (χ2v) is 9.06. The summed E-state index contributed by atoms with van der Waals surface area (Å²) in [6, 6.07) is 8.18. The highest BCUT2D eigenvalue weighted by molar-refractivity contribution is 7.23. The lowest BCUT2D eigenvalue weighted by Crippen LogP contribution is -2.27. The Morgan fingerprint density at radius 2 is 2.00 bits per heavy atom. The van der Waals surface area contributed by atoms with Crippen LogP contribution in [0, 0.1) is 17.1 Å². The maximum Gasteiger partial charge on any atom is 0.412 e. The normalized spacial score (nSPS) is 11.2. The number of nitrogens with one attached hydrogen (secondary N) is 1. The highest BCUT2D eigenvalue weighted by atomic mass is 35.5. The molecule has 0 aliphatic rings. The summed E-state index contributed by atoms with van der Waals surface area (Å²) in [6.07, 6.45) is -0.726. The third-order valence-electron chi connectivity index (χ3n) is 4.23. The van der Waals surface area contributed by atoms with Gasteiger partial charge in [0.05, 0.1) is 21.8 Å². The maximum absolute atomic E-state index is 15.1. The fourth-order valence-electron chi connectivity index (χ4n) is 3.03. The SMILES string of the molecule is CC(C)(C)OC(=O)Nc1sc2cccc(-c3c(Cl)cc(C(N)=O)c(N)c3F)c2c1C#N. The van der Waals surface area contributed by atoms with Gasteiger partial charge in [-0.15, -0.1) is 11.3 Å². The van der Waals surface area contributed by atoms with Crippen LogP contribution in [-0.4, -0.2) is 17.6 Å². The molecule has 0 saturated heterocycles. The highest BCUT2D eigenvalue weighted by Crippen LogP contribution is 2.44. The van der Waals surface area contributed by atoms with Gasteiger partial charge in [-0.1, -0.05) is 23.7 Å². The summed E-state index contributed by atoms with van der Waals surface area (Å²) in [5.41, 5.74) is 9.92. The lowest BCUT2D eigenvalue weighted by molar-refractivity contribution is 0.0636. The van der Waals surface area contributed by atoms with Crippen LogP contribution in [0.1, 0.15) is 36.7 Å².